The lowest BCUT2D eigenvalue weighted by atomic mass is 10.1. The first kappa shape index (κ1) is 24.0. The summed E-state index contributed by atoms with van der Waals surface area (Å²) in [5.74, 6) is -1.09. The monoisotopic (exact) mass is 479 g/mol. The number of rotatable bonds is 7. The van der Waals surface area contributed by atoms with Crippen LogP contribution in [0.1, 0.15) is 28.9 Å². The molecular formula is C22H26ClN3O5S. The Labute approximate surface area is 192 Å². The number of sulfone groups is 1. The highest BCUT2D eigenvalue weighted by Gasteiger charge is 2.32. The lowest BCUT2D eigenvalue weighted by molar-refractivity contribution is -0.148. The van der Waals surface area contributed by atoms with E-state index in [0.29, 0.717) is 18.0 Å². The van der Waals surface area contributed by atoms with Crippen LogP contribution in [0.15, 0.2) is 30.3 Å². The molecule has 0 radical (unpaired) electrons. The van der Waals surface area contributed by atoms with E-state index in [1.54, 1.807) is 6.08 Å². The summed E-state index contributed by atoms with van der Waals surface area (Å²) in [4.78, 5) is 25.7. The third-order valence-corrected chi connectivity index (χ3v) is 7.71. The van der Waals surface area contributed by atoms with Crippen LogP contribution in [0, 0.1) is 13.8 Å². The first-order chi connectivity index (χ1) is 15.1. The Kier molecular flexibility index (Phi) is 7.40. The van der Waals surface area contributed by atoms with E-state index in [-0.39, 0.29) is 17.5 Å². The molecule has 172 valence electrons. The van der Waals surface area contributed by atoms with Gasteiger partial charge in [-0.15, -0.1) is 0 Å². The van der Waals surface area contributed by atoms with Gasteiger partial charge in [0.25, 0.3) is 5.91 Å². The fourth-order valence-electron chi connectivity index (χ4n) is 3.61. The average molecular weight is 480 g/mol. The number of carbonyl (C=O) groups is 2. The van der Waals surface area contributed by atoms with Crippen LogP contribution < -0.4 is 0 Å². The minimum absolute atomic E-state index is 0.0557. The summed E-state index contributed by atoms with van der Waals surface area (Å²) in [5, 5.41) is 5.18. The SMILES string of the molecule is Cc1nn(Cc2ccccc2Cl)c(C)c1C=CC(=O)OCC(=O)N(C)C1CCS(=O)(=O)C1. The lowest BCUT2D eigenvalue weighted by Crippen LogP contribution is -2.40. The fraction of sp³-hybridized carbons (Fsp3) is 0.409. The molecule has 2 aromatic rings. The molecule has 1 unspecified atom stereocenters. The van der Waals surface area contributed by atoms with Crippen LogP contribution in [0.4, 0.5) is 0 Å². The second kappa shape index (κ2) is 9.87. The maximum absolute atomic E-state index is 12.2. The zero-order valence-electron chi connectivity index (χ0n) is 18.2. The molecule has 8 nitrogen and oxygen atoms in total. The molecule has 0 N–H and O–H groups in total. The number of hydrogen-bond acceptors (Lipinski definition) is 6. The van der Waals surface area contributed by atoms with Crippen molar-refractivity contribution in [2.24, 2.45) is 0 Å². The van der Waals surface area contributed by atoms with Gasteiger partial charge in [0.15, 0.2) is 16.4 Å². The maximum atomic E-state index is 12.2. The van der Waals surface area contributed by atoms with E-state index in [1.807, 2.05) is 42.8 Å². The van der Waals surface area contributed by atoms with E-state index in [0.717, 1.165) is 22.5 Å². The van der Waals surface area contributed by atoms with Crippen molar-refractivity contribution >= 4 is 39.4 Å². The van der Waals surface area contributed by atoms with Crippen molar-refractivity contribution in [3.05, 3.63) is 57.9 Å². The van der Waals surface area contributed by atoms with Crippen molar-refractivity contribution in [3.8, 4) is 0 Å². The van der Waals surface area contributed by atoms with Gasteiger partial charge >= 0.3 is 5.97 Å². The Balaban J connectivity index is 1.58. The molecule has 1 saturated heterocycles. The van der Waals surface area contributed by atoms with E-state index < -0.39 is 28.3 Å². The van der Waals surface area contributed by atoms with Crippen molar-refractivity contribution in [2.75, 3.05) is 25.2 Å². The molecule has 1 fully saturated rings. The zero-order valence-corrected chi connectivity index (χ0v) is 19.8. The fourth-order valence-corrected chi connectivity index (χ4v) is 5.58. The second-order valence-corrected chi connectivity index (χ2v) is 10.5. The van der Waals surface area contributed by atoms with Crippen LogP contribution >= 0.6 is 11.6 Å². The molecule has 1 atom stereocenters. The summed E-state index contributed by atoms with van der Waals surface area (Å²) in [7, 11) is -1.58. The standard InChI is InChI=1S/C22H26ClN3O5S/c1-15-19(16(2)26(24-15)12-17-6-4-5-7-20(17)23)8-9-22(28)31-13-21(27)25(3)18-10-11-32(29,30)14-18/h4-9,18H,10-14H2,1-3H3. The largest absolute Gasteiger partial charge is 0.452 e. The second-order valence-electron chi connectivity index (χ2n) is 7.84. The van der Waals surface area contributed by atoms with Gasteiger partial charge in [-0.1, -0.05) is 29.8 Å². The highest BCUT2D eigenvalue weighted by atomic mass is 35.5. The molecule has 2 heterocycles. The molecule has 0 bridgehead atoms. The Morgan fingerprint density at radius 1 is 1.31 bits per heavy atom. The molecule has 0 saturated carbocycles. The smallest absolute Gasteiger partial charge is 0.331 e. The Bertz CT molecular complexity index is 1160. The van der Waals surface area contributed by atoms with Crippen molar-refractivity contribution in [3.63, 3.8) is 0 Å². The Hall–Kier alpha value is -2.65. The van der Waals surface area contributed by atoms with Gasteiger partial charge in [0, 0.05) is 35.4 Å². The summed E-state index contributed by atoms with van der Waals surface area (Å²) in [6.45, 7) is 3.80. The summed E-state index contributed by atoms with van der Waals surface area (Å²) in [6, 6.07) is 7.15. The number of carbonyl (C=O) groups excluding carboxylic acids is 2. The van der Waals surface area contributed by atoms with Gasteiger partial charge in [0.1, 0.15) is 0 Å². The minimum Gasteiger partial charge on any atom is -0.452 e. The normalized spacial score (nSPS) is 17.6. The highest BCUT2D eigenvalue weighted by Crippen LogP contribution is 2.20. The predicted octanol–water partition coefficient (Wildman–Crippen LogP) is 2.40. The first-order valence-corrected chi connectivity index (χ1v) is 12.4. The number of ether oxygens (including phenoxy) is 1. The van der Waals surface area contributed by atoms with Crippen molar-refractivity contribution in [1.29, 1.82) is 0 Å². The van der Waals surface area contributed by atoms with Gasteiger partial charge in [-0.05, 0) is 38.0 Å². The molecule has 1 aliphatic heterocycles. The molecule has 1 aromatic heterocycles. The highest BCUT2D eigenvalue weighted by molar-refractivity contribution is 7.91. The van der Waals surface area contributed by atoms with E-state index in [1.165, 1.54) is 18.0 Å². The summed E-state index contributed by atoms with van der Waals surface area (Å²) in [5.41, 5.74) is 3.34. The van der Waals surface area contributed by atoms with Crippen LogP contribution in [-0.4, -0.2) is 66.2 Å². The molecule has 0 spiro atoms. The van der Waals surface area contributed by atoms with Crippen molar-refractivity contribution in [1.82, 2.24) is 14.7 Å². The zero-order chi connectivity index (χ0) is 23.5. The van der Waals surface area contributed by atoms with E-state index in [9.17, 15) is 18.0 Å². The van der Waals surface area contributed by atoms with Gasteiger partial charge in [-0.3, -0.25) is 9.48 Å². The predicted molar refractivity (Wildman–Crippen MR) is 122 cm³/mol. The first-order valence-electron chi connectivity index (χ1n) is 10.2. The number of esters is 1. The molecule has 1 aromatic carbocycles. The molecule has 10 heteroatoms. The molecule has 32 heavy (non-hydrogen) atoms. The lowest BCUT2D eigenvalue weighted by Gasteiger charge is -2.22. The van der Waals surface area contributed by atoms with Gasteiger partial charge in [-0.2, -0.15) is 5.10 Å². The quantitative estimate of drug-likeness (QED) is 0.446. The molecule has 1 aliphatic rings. The summed E-state index contributed by atoms with van der Waals surface area (Å²) in [6.07, 6.45) is 3.26. The van der Waals surface area contributed by atoms with Crippen LogP contribution in [0.2, 0.25) is 5.02 Å². The number of likely N-dealkylation sites (N-methyl/N-ethyl adjacent to an activating group) is 1. The Morgan fingerprint density at radius 2 is 2.03 bits per heavy atom. The molecule has 3 rings (SSSR count). The van der Waals surface area contributed by atoms with Crippen LogP contribution in [0.3, 0.4) is 0 Å². The number of benzene rings is 1. The number of halogens is 1. The van der Waals surface area contributed by atoms with Gasteiger partial charge in [-0.25, -0.2) is 13.2 Å². The number of aromatic nitrogens is 2. The number of nitrogens with zero attached hydrogens (tertiary/aromatic N) is 3. The third kappa shape index (κ3) is 5.77. The van der Waals surface area contributed by atoms with E-state index >= 15 is 0 Å². The van der Waals surface area contributed by atoms with Crippen LogP contribution in [-0.2, 0) is 30.7 Å². The summed E-state index contributed by atoms with van der Waals surface area (Å²) < 4.78 is 30.0. The Morgan fingerprint density at radius 3 is 2.69 bits per heavy atom. The number of hydrogen-bond donors (Lipinski definition) is 0. The van der Waals surface area contributed by atoms with Crippen LogP contribution in [0.25, 0.3) is 6.08 Å². The van der Waals surface area contributed by atoms with Gasteiger partial charge in [0.2, 0.25) is 0 Å². The average Bonchev–Trinajstić information content (AvgIpc) is 3.24. The topological polar surface area (TPSA) is 98.6 Å². The maximum Gasteiger partial charge on any atom is 0.331 e. The van der Waals surface area contributed by atoms with E-state index in [2.05, 4.69) is 5.10 Å². The third-order valence-electron chi connectivity index (χ3n) is 5.59. The molecule has 1 amide bonds. The number of amides is 1. The van der Waals surface area contributed by atoms with Crippen molar-refractivity contribution in [2.45, 2.75) is 32.9 Å². The molecular weight excluding hydrogens is 454 g/mol. The summed E-state index contributed by atoms with van der Waals surface area (Å²) >= 11 is 6.24. The minimum atomic E-state index is -3.10. The van der Waals surface area contributed by atoms with Crippen molar-refractivity contribution < 1.29 is 22.7 Å². The van der Waals surface area contributed by atoms with E-state index in [4.69, 9.17) is 16.3 Å². The number of aryl methyl sites for hydroxylation is 1. The van der Waals surface area contributed by atoms with Gasteiger partial charge in [0.05, 0.1) is 23.7 Å². The van der Waals surface area contributed by atoms with Crippen LogP contribution in [0.5, 0.6) is 0 Å². The molecule has 0 aliphatic carbocycles. The van der Waals surface area contributed by atoms with Gasteiger partial charge < -0.3 is 9.64 Å².